The Morgan fingerprint density at radius 2 is 1.15 bits per heavy atom. The second kappa shape index (κ2) is 7.48. The number of fused-ring (bicyclic) bond motifs is 6. The van der Waals surface area contributed by atoms with Gasteiger partial charge in [0.15, 0.2) is 0 Å². The van der Waals surface area contributed by atoms with Crippen LogP contribution in [0.4, 0.5) is 0 Å². The number of hydrogen-bond donors (Lipinski definition) is 0. The summed E-state index contributed by atoms with van der Waals surface area (Å²) in [7, 11) is 0. The molecule has 0 N–H and O–H groups in total. The number of halogens is 1. The van der Waals surface area contributed by atoms with Crippen molar-refractivity contribution >= 4 is 55.0 Å². The Balaban J connectivity index is 1.48. The van der Waals surface area contributed by atoms with E-state index in [0.717, 1.165) is 16.1 Å². The van der Waals surface area contributed by atoms with Gasteiger partial charge >= 0.3 is 0 Å². The topological polar surface area (TPSA) is 4.93 Å². The number of rotatable bonds is 2. The van der Waals surface area contributed by atoms with Crippen molar-refractivity contribution in [2.75, 3.05) is 0 Å². The number of benzene rings is 6. The van der Waals surface area contributed by atoms with Gasteiger partial charge in [-0.15, -0.1) is 0 Å². The number of hydrogen-bond acceptors (Lipinski definition) is 0. The monoisotopic (exact) mass is 453 g/mol. The highest BCUT2D eigenvalue weighted by Crippen LogP contribution is 2.38. The first-order valence-electron chi connectivity index (χ1n) is 11.5. The molecule has 0 unspecified atom stereocenters. The molecule has 1 heterocycles. The zero-order chi connectivity index (χ0) is 22.6. The van der Waals surface area contributed by atoms with Crippen LogP contribution >= 0.6 is 11.6 Å². The first kappa shape index (κ1) is 19.4. The Kier molecular flexibility index (Phi) is 4.27. The van der Waals surface area contributed by atoms with Gasteiger partial charge in [-0.1, -0.05) is 109 Å². The molecule has 0 bridgehead atoms. The maximum absolute atomic E-state index is 6.46. The number of nitrogens with zero attached hydrogens (tertiary/aromatic N) is 1. The average Bonchev–Trinajstić information content (AvgIpc) is 3.24. The lowest BCUT2D eigenvalue weighted by atomic mass is 9.98. The van der Waals surface area contributed by atoms with E-state index >= 15 is 0 Å². The summed E-state index contributed by atoms with van der Waals surface area (Å²) >= 11 is 6.46. The summed E-state index contributed by atoms with van der Waals surface area (Å²) in [4.78, 5) is 0. The molecular weight excluding hydrogens is 434 g/mol. The van der Waals surface area contributed by atoms with Crippen LogP contribution in [0.1, 0.15) is 0 Å². The summed E-state index contributed by atoms with van der Waals surface area (Å²) in [5.41, 5.74) is 6.01. The van der Waals surface area contributed by atoms with Crippen molar-refractivity contribution in [3.05, 3.63) is 126 Å². The summed E-state index contributed by atoms with van der Waals surface area (Å²) < 4.78 is 2.40. The molecule has 0 atom stereocenters. The molecule has 1 nitrogen and oxygen atoms in total. The van der Waals surface area contributed by atoms with Gasteiger partial charge in [0.2, 0.25) is 0 Å². The third-order valence-corrected chi connectivity index (χ3v) is 7.20. The van der Waals surface area contributed by atoms with Crippen molar-refractivity contribution < 1.29 is 0 Å². The lowest BCUT2D eigenvalue weighted by molar-refractivity contribution is 1.19. The maximum Gasteiger partial charge on any atom is 0.0619 e. The summed E-state index contributed by atoms with van der Waals surface area (Å²) in [5.74, 6) is 0. The molecule has 6 aromatic carbocycles. The fourth-order valence-corrected chi connectivity index (χ4v) is 5.53. The maximum atomic E-state index is 6.46. The van der Waals surface area contributed by atoms with Gasteiger partial charge in [0, 0.05) is 32.3 Å². The highest BCUT2D eigenvalue weighted by Gasteiger charge is 2.15. The largest absolute Gasteiger partial charge is 0.309 e. The first-order chi connectivity index (χ1) is 16.8. The van der Waals surface area contributed by atoms with Crippen LogP contribution in [0.15, 0.2) is 121 Å². The van der Waals surface area contributed by atoms with E-state index in [0.29, 0.717) is 0 Å². The zero-order valence-corrected chi connectivity index (χ0v) is 19.1. The molecule has 34 heavy (non-hydrogen) atoms. The molecular formula is C32H20ClN. The predicted molar refractivity (Wildman–Crippen MR) is 146 cm³/mol. The van der Waals surface area contributed by atoms with Crippen LogP contribution in [0.25, 0.3) is 60.2 Å². The Bertz CT molecular complexity index is 1860. The van der Waals surface area contributed by atoms with Gasteiger partial charge in [-0.25, -0.2) is 0 Å². The van der Waals surface area contributed by atoms with Gasteiger partial charge in [-0.2, -0.15) is 0 Å². The van der Waals surface area contributed by atoms with Crippen LogP contribution in [0.5, 0.6) is 0 Å². The summed E-state index contributed by atoms with van der Waals surface area (Å²) in [6.07, 6.45) is 0. The molecule has 7 aromatic rings. The molecule has 160 valence electrons. The van der Waals surface area contributed by atoms with E-state index in [1.165, 1.54) is 49.1 Å². The second-order valence-corrected chi connectivity index (χ2v) is 9.13. The number of aromatic nitrogens is 1. The van der Waals surface area contributed by atoms with E-state index in [9.17, 15) is 0 Å². The molecule has 0 spiro atoms. The van der Waals surface area contributed by atoms with Gasteiger partial charge in [0.25, 0.3) is 0 Å². The Morgan fingerprint density at radius 1 is 0.471 bits per heavy atom. The minimum absolute atomic E-state index is 0.785. The van der Waals surface area contributed by atoms with Gasteiger partial charge in [-0.3, -0.25) is 0 Å². The predicted octanol–water partition coefficient (Wildman–Crippen LogP) is 9.41. The quantitative estimate of drug-likeness (QED) is 0.245. The first-order valence-corrected chi connectivity index (χ1v) is 11.9. The van der Waals surface area contributed by atoms with E-state index in [1.807, 2.05) is 12.1 Å². The fourth-order valence-electron chi connectivity index (χ4n) is 5.30. The van der Waals surface area contributed by atoms with Crippen molar-refractivity contribution in [2.45, 2.75) is 0 Å². The van der Waals surface area contributed by atoms with Crippen molar-refractivity contribution in [3.8, 4) is 16.8 Å². The van der Waals surface area contributed by atoms with Crippen molar-refractivity contribution in [2.24, 2.45) is 0 Å². The average molecular weight is 454 g/mol. The molecule has 0 amide bonds. The molecule has 0 aliphatic rings. The molecule has 0 aliphatic carbocycles. The highest BCUT2D eigenvalue weighted by molar-refractivity contribution is 6.36. The lowest BCUT2D eigenvalue weighted by Crippen LogP contribution is -1.94. The molecule has 0 fully saturated rings. The molecule has 7 rings (SSSR count). The molecule has 0 saturated heterocycles. The Morgan fingerprint density at radius 3 is 1.97 bits per heavy atom. The molecule has 2 heteroatoms. The summed E-state index contributed by atoms with van der Waals surface area (Å²) in [5, 5.41) is 8.11. The van der Waals surface area contributed by atoms with Crippen molar-refractivity contribution in [1.82, 2.24) is 4.57 Å². The molecule has 1 aromatic heterocycles. The zero-order valence-electron chi connectivity index (χ0n) is 18.4. The van der Waals surface area contributed by atoms with Crippen molar-refractivity contribution in [1.29, 1.82) is 0 Å². The number of para-hydroxylation sites is 1. The van der Waals surface area contributed by atoms with E-state index in [-0.39, 0.29) is 0 Å². The second-order valence-electron chi connectivity index (χ2n) is 8.72. The van der Waals surface area contributed by atoms with Gasteiger partial charge in [0.05, 0.1) is 11.0 Å². The third kappa shape index (κ3) is 2.81. The Hall–Kier alpha value is -4.07. The fraction of sp³-hybridized carbons (Fsp3) is 0. The van der Waals surface area contributed by atoms with Gasteiger partial charge < -0.3 is 4.57 Å². The van der Waals surface area contributed by atoms with Gasteiger partial charge in [0.1, 0.15) is 0 Å². The van der Waals surface area contributed by atoms with Crippen LogP contribution in [0, 0.1) is 0 Å². The standard InChI is InChI=1S/C32H20ClN/c33-30-20-19-24(26-9-3-4-10-27(26)30)22-13-16-23(17-14-22)34-31-12-6-5-11-28(31)29-18-15-21-7-1-2-8-25(21)32(29)34/h1-20H. The smallest absolute Gasteiger partial charge is 0.0619 e. The highest BCUT2D eigenvalue weighted by atomic mass is 35.5. The lowest BCUT2D eigenvalue weighted by Gasteiger charge is -2.12. The Labute approximate surface area is 202 Å². The SMILES string of the molecule is Clc1ccc(-c2ccc(-n3c4ccccc4c4ccc5ccccc5c43)cc2)c2ccccc12. The van der Waals surface area contributed by atoms with Crippen molar-refractivity contribution in [3.63, 3.8) is 0 Å². The normalized spacial score (nSPS) is 11.7. The van der Waals surface area contributed by atoms with E-state index in [1.54, 1.807) is 0 Å². The van der Waals surface area contributed by atoms with Crippen LogP contribution < -0.4 is 0 Å². The third-order valence-electron chi connectivity index (χ3n) is 6.87. The summed E-state index contributed by atoms with van der Waals surface area (Å²) in [6, 6.07) is 43.1. The van der Waals surface area contributed by atoms with Crippen LogP contribution in [0.2, 0.25) is 5.02 Å². The van der Waals surface area contributed by atoms with E-state index < -0.39 is 0 Å². The van der Waals surface area contributed by atoms with E-state index in [2.05, 4.69) is 114 Å². The molecule has 0 radical (unpaired) electrons. The van der Waals surface area contributed by atoms with Crippen LogP contribution in [-0.4, -0.2) is 4.57 Å². The van der Waals surface area contributed by atoms with Crippen LogP contribution in [0.3, 0.4) is 0 Å². The van der Waals surface area contributed by atoms with E-state index in [4.69, 9.17) is 11.6 Å². The minimum atomic E-state index is 0.785. The summed E-state index contributed by atoms with van der Waals surface area (Å²) in [6.45, 7) is 0. The minimum Gasteiger partial charge on any atom is -0.309 e. The molecule has 0 saturated carbocycles. The molecule has 0 aliphatic heterocycles. The van der Waals surface area contributed by atoms with Crippen LogP contribution in [-0.2, 0) is 0 Å². The van der Waals surface area contributed by atoms with Gasteiger partial charge in [-0.05, 0) is 46.2 Å².